The lowest BCUT2D eigenvalue weighted by molar-refractivity contribution is -0.120. The SMILES string of the molecule is NC(=S)COc1cccc(NC(=O)C2CC3CC3C2)c1. The summed E-state index contributed by atoms with van der Waals surface area (Å²) in [4.78, 5) is 12.5. The molecule has 0 heterocycles. The third-order valence-corrected chi connectivity index (χ3v) is 4.21. The molecule has 2 aliphatic carbocycles. The van der Waals surface area contributed by atoms with Crippen LogP contribution in [-0.2, 0) is 4.79 Å². The number of carbonyl (C=O) groups excluding carboxylic acids is 1. The van der Waals surface area contributed by atoms with Gasteiger partial charge in [-0.25, -0.2) is 0 Å². The van der Waals surface area contributed by atoms with E-state index >= 15 is 0 Å². The first kappa shape index (κ1) is 13.4. The van der Waals surface area contributed by atoms with Crippen LogP contribution < -0.4 is 15.8 Å². The Balaban J connectivity index is 1.57. The van der Waals surface area contributed by atoms with E-state index < -0.39 is 0 Å². The van der Waals surface area contributed by atoms with Gasteiger partial charge in [-0.1, -0.05) is 18.3 Å². The molecule has 0 saturated heterocycles. The van der Waals surface area contributed by atoms with Gasteiger partial charge in [0.1, 0.15) is 17.3 Å². The molecule has 2 unspecified atom stereocenters. The highest BCUT2D eigenvalue weighted by Crippen LogP contribution is 2.54. The molecular formula is C15H18N2O2S. The highest BCUT2D eigenvalue weighted by atomic mass is 32.1. The maximum atomic E-state index is 12.2. The summed E-state index contributed by atoms with van der Waals surface area (Å²) in [5.41, 5.74) is 6.16. The number of hydrogen-bond acceptors (Lipinski definition) is 3. The molecule has 20 heavy (non-hydrogen) atoms. The number of hydrogen-bond donors (Lipinski definition) is 2. The van der Waals surface area contributed by atoms with Gasteiger partial charge in [0.25, 0.3) is 0 Å². The average molecular weight is 290 g/mol. The van der Waals surface area contributed by atoms with E-state index in [1.807, 2.05) is 18.2 Å². The molecule has 3 rings (SSSR count). The number of nitrogens with one attached hydrogen (secondary N) is 1. The van der Waals surface area contributed by atoms with Crippen LogP contribution in [0.4, 0.5) is 5.69 Å². The Kier molecular flexibility index (Phi) is 3.61. The van der Waals surface area contributed by atoms with E-state index in [1.165, 1.54) is 6.42 Å². The summed E-state index contributed by atoms with van der Waals surface area (Å²) in [5, 5.41) is 2.97. The van der Waals surface area contributed by atoms with Crippen molar-refractivity contribution in [2.24, 2.45) is 23.5 Å². The molecule has 0 spiro atoms. The lowest BCUT2D eigenvalue weighted by Gasteiger charge is -2.13. The second-order valence-electron chi connectivity index (χ2n) is 5.70. The van der Waals surface area contributed by atoms with E-state index in [2.05, 4.69) is 5.32 Å². The molecule has 1 amide bonds. The van der Waals surface area contributed by atoms with Gasteiger partial charge < -0.3 is 15.8 Å². The van der Waals surface area contributed by atoms with Crippen molar-refractivity contribution in [2.45, 2.75) is 19.3 Å². The van der Waals surface area contributed by atoms with Gasteiger partial charge >= 0.3 is 0 Å². The Morgan fingerprint density at radius 2 is 2.10 bits per heavy atom. The van der Waals surface area contributed by atoms with Crippen molar-refractivity contribution in [3.05, 3.63) is 24.3 Å². The number of rotatable bonds is 5. The standard InChI is InChI=1S/C15H18N2O2S/c16-14(20)8-19-13-3-1-2-12(7-13)17-15(18)11-5-9-4-10(9)6-11/h1-3,7,9-11H,4-6,8H2,(H2,16,20)(H,17,18). The van der Waals surface area contributed by atoms with Crippen LogP contribution in [0.15, 0.2) is 24.3 Å². The van der Waals surface area contributed by atoms with Crippen LogP contribution in [0.2, 0.25) is 0 Å². The maximum absolute atomic E-state index is 12.2. The number of carbonyl (C=O) groups is 1. The van der Waals surface area contributed by atoms with Crippen molar-refractivity contribution in [2.75, 3.05) is 11.9 Å². The number of fused-ring (bicyclic) bond motifs is 1. The lowest BCUT2D eigenvalue weighted by Crippen LogP contribution is -2.21. The second kappa shape index (κ2) is 5.40. The van der Waals surface area contributed by atoms with Gasteiger partial charge in [0.15, 0.2) is 0 Å². The quantitative estimate of drug-likeness (QED) is 0.817. The van der Waals surface area contributed by atoms with E-state index in [0.29, 0.717) is 10.7 Å². The predicted molar refractivity (Wildman–Crippen MR) is 81.7 cm³/mol. The molecule has 106 valence electrons. The molecule has 0 radical (unpaired) electrons. The fourth-order valence-corrected chi connectivity index (χ4v) is 3.05. The van der Waals surface area contributed by atoms with Crippen molar-refractivity contribution in [1.29, 1.82) is 0 Å². The minimum atomic E-state index is 0.128. The van der Waals surface area contributed by atoms with Crippen LogP contribution in [0.25, 0.3) is 0 Å². The third-order valence-electron chi connectivity index (χ3n) is 4.10. The molecule has 0 aromatic heterocycles. The number of benzene rings is 1. The Bertz CT molecular complexity index is 536. The molecule has 3 N–H and O–H groups in total. The molecule has 2 atom stereocenters. The molecule has 1 aromatic carbocycles. The molecule has 2 aliphatic rings. The summed E-state index contributed by atoms with van der Waals surface area (Å²) < 4.78 is 5.42. The number of anilines is 1. The highest BCUT2D eigenvalue weighted by Gasteiger charge is 2.47. The first-order valence-electron chi connectivity index (χ1n) is 6.94. The largest absolute Gasteiger partial charge is 0.486 e. The third kappa shape index (κ3) is 3.10. The summed E-state index contributed by atoms with van der Waals surface area (Å²) in [6.07, 6.45) is 3.42. The topological polar surface area (TPSA) is 64.3 Å². The fourth-order valence-electron chi connectivity index (χ4n) is 2.99. The van der Waals surface area contributed by atoms with Gasteiger partial charge in [0, 0.05) is 17.7 Å². The van der Waals surface area contributed by atoms with Crippen LogP contribution in [-0.4, -0.2) is 17.5 Å². The van der Waals surface area contributed by atoms with Crippen LogP contribution >= 0.6 is 12.2 Å². The van der Waals surface area contributed by atoms with Crippen molar-refractivity contribution in [1.82, 2.24) is 0 Å². The minimum Gasteiger partial charge on any atom is -0.486 e. The van der Waals surface area contributed by atoms with Gasteiger partial charge in [-0.05, 0) is 43.2 Å². The highest BCUT2D eigenvalue weighted by molar-refractivity contribution is 7.80. The Hall–Kier alpha value is -1.62. The zero-order chi connectivity index (χ0) is 14.1. The Morgan fingerprint density at radius 3 is 2.80 bits per heavy atom. The smallest absolute Gasteiger partial charge is 0.227 e. The van der Waals surface area contributed by atoms with Crippen molar-refractivity contribution >= 4 is 28.8 Å². The fraction of sp³-hybridized carbons (Fsp3) is 0.467. The van der Waals surface area contributed by atoms with Crippen molar-refractivity contribution in [3.63, 3.8) is 0 Å². The summed E-state index contributed by atoms with van der Waals surface area (Å²) in [6, 6.07) is 7.32. The molecular weight excluding hydrogens is 272 g/mol. The maximum Gasteiger partial charge on any atom is 0.227 e. The first-order chi connectivity index (χ1) is 9.61. The van der Waals surface area contributed by atoms with E-state index in [0.717, 1.165) is 30.4 Å². The molecule has 5 heteroatoms. The Morgan fingerprint density at radius 1 is 1.35 bits per heavy atom. The Labute approximate surface area is 123 Å². The summed E-state index contributed by atoms with van der Waals surface area (Å²) in [6.45, 7) is 0.207. The second-order valence-corrected chi connectivity index (χ2v) is 6.22. The summed E-state index contributed by atoms with van der Waals surface area (Å²) in [7, 11) is 0. The zero-order valence-electron chi connectivity index (χ0n) is 11.2. The monoisotopic (exact) mass is 290 g/mol. The van der Waals surface area contributed by atoms with Crippen molar-refractivity contribution in [3.8, 4) is 5.75 Å². The molecule has 1 aromatic rings. The molecule has 0 aliphatic heterocycles. The van der Waals surface area contributed by atoms with E-state index in [1.54, 1.807) is 6.07 Å². The van der Waals surface area contributed by atoms with E-state index in [9.17, 15) is 4.79 Å². The zero-order valence-corrected chi connectivity index (χ0v) is 12.0. The van der Waals surface area contributed by atoms with Gasteiger partial charge in [-0.3, -0.25) is 4.79 Å². The lowest BCUT2D eigenvalue weighted by atomic mass is 10.0. The first-order valence-corrected chi connectivity index (χ1v) is 7.34. The van der Waals surface area contributed by atoms with Gasteiger partial charge in [0.05, 0.1) is 0 Å². The summed E-state index contributed by atoms with van der Waals surface area (Å²) in [5.74, 6) is 2.59. The number of nitrogens with two attached hydrogens (primary N) is 1. The molecule has 2 saturated carbocycles. The molecule has 2 fully saturated rings. The van der Waals surface area contributed by atoms with Crippen LogP contribution in [0.5, 0.6) is 5.75 Å². The van der Waals surface area contributed by atoms with E-state index in [4.69, 9.17) is 22.7 Å². The van der Waals surface area contributed by atoms with Gasteiger partial charge in [-0.2, -0.15) is 0 Å². The average Bonchev–Trinajstić information content (AvgIpc) is 3.03. The van der Waals surface area contributed by atoms with Gasteiger partial charge in [-0.15, -0.1) is 0 Å². The van der Waals surface area contributed by atoms with Gasteiger partial charge in [0.2, 0.25) is 5.91 Å². The van der Waals surface area contributed by atoms with Crippen molar-refractivity contribution < 1.29 is 9.53 Å². The molecule has 0 bridgehead atoms. The van der Waals surface area contributed by atoms with E-state index in [-0.39, 0.29) is 18.4 Å². The van der Waals surface area contributed by atoms with Crippen LogP contribution in [0, 0.1) is 17.8 Å². The van der Waals surface area contributed by atoms with Crippen LogP contribution in [0.1, 0.15) is 19.3 Å². The number of thiocarbonyl (C=S) groups is 1. The normalized spacial score (nSPS) is 26.7. The van der Waals surface area contributed by atoms with Crippen LogP contribution in [0.3, 0.4) is 0 Å². The number of amides is 1. The number of ether oxygens (including phenoxy) is 1. The summed E-state index contributed by atoms with van der Waals surface area (Å²) >= 11 is 4.77. The molecule has 4 nitrogen and oxygen atoms in total. The predicted octanol–water partition coefficient (Wildman–Crippen LogP) is 2.34. The minimum absolute atomic E-state index is 0.128.